The van der Waals surface area contributed by atoms with Gasteiger partial charge in [-0.05, 0) is 25.1 Å². The van der Waals surface area contributed by atoms with Crippen molar-refractivity contribution in [2.24, 2.45) is 0 Å². The van der Waals surface area contributed by atoms with Crippen LogP contribution in [0.5, 0.6) is 0 Å². The van der Waals surface area contributed by atoms with Crippen LogP contribution in [-0.2, 0) is 16.6 Å². The summed E-state index contributed by atoms with van der Waals surface area (Å²) in [6.45, 7) is 1.94. The number of aromatic nitrogens is 2. The number of nitrogens with zero attached hydrogens (tertiary/aromatic N) is 3. The Morgan fingerprint density at radius 1 is 1.33 bits per heavy atom. The van der Waals surface area contributed by atoms with E-state index in [4.69, 9.17) is 11.6 Å². The van der Waals surface area contributed by atoms with Crippen molar-refractivity contribution in [3.05, 3.63) is 33.9 Å². The summed E-state index contributed by atoms with van der Waals surface area (Å²) in [7, 11) is 0.0859. The van der Waals surface area contributed by atoms with E-state index in [-0.39, 0.29) is 10.8 Å². The third-order valence-corrected chi connectivity index (χ3v) is 5.68. The molecule has 2 aromatic heterocycles. The van der Waals surface area contributed by atoms with Gasteiger partial charge in [-0.3, -0.25) is 0 Å². The highest BCUT2D eigenvalue weighted by Crippen LogP contribution is 2.25. The van der Waals surface area contributed by atoms with E-state index < -0.39 is 10.0 Å². The van der Waals surface area contributed by atoms with E-state index in [0.717, 1.165) is 17.0 Å². The number of nitrogens with one attached hydrogen (secondary N) is 1. The molecule has 0 aliphatic rings. The first-order valence-electron chi connectivity index (χ1n) is 6.05. The van der Waals surface area contributed by atoms with Crippen molar-refractivity contribution in [1.29, 1.82) is 0 Å². The van der Waals surface area contributed by atoms with Crippen LogP contribution in [0.3, 0.4) is 0 Å². The van der Waals surface area contributed by atoms with E-state index >= 15 is 0 Å². The third-order valence-electron chi connectivity index (χ3n) is 2.55. The lowest BCUT2D eigenvalue weighted by molar-refractivity contribution is 0.582. The Morgan fingerprint density at radius 2 is 2.05 bits per heavy atom. The monoisotopic (exact) mass is 346 g/mol. The molecule has 0 spiro atoms. The first kappa shape index (κ1) is 16.2. The van der Waals surface area contributed by atoms with Gasteiger partial charge in [0, 0.05) is 19.8 Å². The molecular weight excluding hydrogens is 332 g/mol. The fourth-order valence-electron chi connectivity index (χ4n) is 1.59. The maximum atomic E-state index is 12.1. The van der Waals surface area contributed by atoms with E-state index in [0.29, 0.717) is 16.0 Å². The Kier molecular flexibility index (Phi) is 4.82. The molecule has 0 saturated carbocycles. The number of halogens is 1. The molecule has 0 atom stereocenters. The molecule has 0 aliphatic heterocycles. The Morgan fingerprint density at radius 3 is 2.62 bits per heavy atom. The third kappa shape index (κ3) is 4.13. The molecular formula is C12H15ClN4O2S2. The number of sulfonamides is 1. The molecule has 1 N–H and O–H groups in total. The van der Waals surface area contributed by atoms with Crippen LogP contribution in [0.2, 0.25) is 4.34 Å². The standard InChI is InChI=1S/C12H15ClN4O2S2/c1-8-6-9(16-12(15-8)17(2)3)7-14-21(18,19)11-5-4-10(13)20-11/h4-6,14H,7H2,1-3H3. The summed E-state index contributed by atoms with van der Waals surface area (Å²) in [4.78, 5) is 10.3. The summed E-state index contributed by atoms with van der Waals surface area (Å²) in [5, 5.41) is 0. The first-order chi connectivity index (χ1) is 9.78. The molecule has 0 aliphatic carbocycles. The van der Waals surface area contributed by atoms with Gasteiger partial charge in [0.2, 0.25) is 16.0 Å². The summed E-state index contributed by atoms with van der Waals surface area (Å²) >= 11 is 6.78. The summed E-state index contributed by atoms with van der Waals surface area (Å²) < 4.78 is 27.4. The maximum absolute atomic E-state index is 12.1. The van der Waals surface area contributed by atoms with Crippen molar-refractivity contribution in [3.8, 4) is 0 Å². The highest BCUT2D eigenvalue weighted by Gasteiger charge is 2.17. The zero-order chi connectivity index (χ0) is 15.6. The van der Waals surface area contributed by atoms with Crippen molar-refractivity contribution in [3.63, 3.8) is 0 Å². The second-order valence-electron chi connectivity index (χ2n) is 4.58. The topological polar surface area (TPSA) is 75.2 Å². The molecule has 21 heavy (non-hydrogen) atoms. The van der Waals surface area contributed by atoms with Crippen LogP contribution in [0.4, 0.5) is 5.95 Å². The Bertz CT molecular complexity index is 743. The number of thiophene rings is 1. The summed E-state index contributed by atoms with van der Waals surface area (Å²) in [5.74, 6) is 0.545. The van der Waals surface area contributed by atoms with Crippen LogP contribution < -0.4 is 9.62 Å². The highest BCUT2D eigenvalue weighted by atomic mass is 35.5. The lowest BCUT2D eigenvalue weighted by Crippen LogP contribution is -2.24. The van der Waals surface area contributed by atoms with Gasteiger partial charge in [-0.25, -0.2) is 23.1 Å². The molecule has 6 nitrogen and oxygen atoms in total. The Labute approximate surface area is 132 Å². The second-order valence-corrected chi connectivity index (χ2v) is 8.29. The fraction of sp³-hybridized carbons (Fsp3) is 0.333. The lowest BCUT2D eigenvalue weighted by Gasteiger charge is -2.12. The van der Waals surface area contributed by atoms with Crippen LogP contribution >= 0.6 is 22.9 Å². The normalized spacial score (nSPS) is 11.6. The van der Waals surface area contributed by atoms with Crippen molar-refractivity contribution in [1.82, 2.24) is 14.7 Å². The number of aryl methyl sites for hydroxylation is 1. The van der Waals surface area contributed by atoms with E-state index in [1.165, 1.54) is 6.07 Å². The molecule has 0 saturated heterocycles. The minimum absolute atomic E-state index is 0.0993. The molecule has 2 aromatic rings. The van der Waals surface area contributed by atoms with Crippen LogP contribution in [0.1, 0.15) is 11.4 Å². The largest absolute Gasteiger partial charge is 0.347 e. The van der Waals surface area contributed by atoms with Gasteiger partial charge in [0.05, 0.1) is 16.6 Å². The molecule has 0 unspecified atom stereocenters. The van der Waals surface area contributed by atoms with E-state index in [1.54, 1.807) is 17.0 Å². The minimum Gasteiger partial charge on any atom is -0.347 e. The van der Waals surface area contributed by atoms with E-state index in [2.05, 4.69) is 14.7 Å². The van der Waals surface area contributed by atoms with Gasteiger partial charge < -0.3 is 4.90 Å². The summed E-state index contributed by atoms with van der Waals surface area (Å²) in [6.07, 6.45) is 0. The average Bonchev–Trinajstić information content (AvgIpc) is 2.83. The van der Waals surface area contributed by atoms with E-state index in [9.17, 15) is 8.42 Å². The molecule has 0 aromatic carbocycles. The van der Waals surface area contributed by atoms with Gasteiger partial charge in [-0.15, -0.1) is 11.3 Å². The Hall–Kier alpha value is -1.22. The molecule has 0 radical (unpaired) electrons. The lowest BCUT2D eigenvalue weighted by atomic mass is 10.3. The molecule has 9 heteroatoms. The molecule has 2 rings (SSSR count). The van der Waals surface area contributed by atoms with Gasteiger partial charge in [0.25, 0.3) is 0 Å². The molecule has 0 amide bonds. The van der Waals surface area contributed by atoms with Gasteiger partial charge in [0.1, 0.15) is 4.21 Å². The first-order valence-corrected chi connectivity index (χ1v) is 8.72. The predicted octanol–water partition coefficient (Wildman–Crippen LogP) is 2.04. The van der Waals surface area contributed by atoms with Crippen LogP contribution in [0.15, 0.2) is 22.4 Å². The molecule has 0 fully saturated rings. The smallest absolute Gasteiger partial charge is 0.250 e. The number of anilines is 1. The number of rotatable bonds is 5. The van der Waals surface area contributed by atoms with Crippen LogP contribution in [0, 0.1) is 6.92 Å². The van der Waals surface area contributed by atoms with Crippen LogP contribution in [-0.4, -0.2) is 32.5 Å². The molecule has 0 bridgehead atoms. The van der Waals surface area contributed by atoms with Crippen molar-refractivity contribution >= 4 is 38.9 Å². The summed E-state index contributed by atoms with van der Waals surface area (Å²) in [6, 6.07) is 4.78. The molecule has 2 heterocycles. The van der Waals surface area contributed by atoms with Gasteiger partial charge >= 0.3 is 0 Å². The molecule has 114 valence electrons. The van der Waals surface area contributed by atoms with Crippen LogP contribution in [0.25, 0.3) is 0 Å². The van der Waals surface area contributed by atoms with Crippen molar-refractivity contribution in [2.75, 3.05) is 19.0 Å². The van der Waals surface area contributed by atoms with Gasteiger partial charge in [-0.1, -0.05) is 11.6 Å². The maximum Gasteiger partial charge on any atom is 0.250 e. The van der Waals surface area contributed by atoms with Crippen molar-refractivity contribution < 1.29 is 8.42 Å². The zero-order valence-electron chi connectivity index (χ0n) is 11.8. The van der Waals surface area contributed by atoms with E-state index in [1.807, 2.05) is 21.0 Å². The zero-order valence-corrected chi connectivity index (χ0v) is 14.2. The summed E-state index contributed by atoms with van der Waals surface area (Å²) in [5.41, 5.74) is 1.39. The minimum atomic E-state index is -3.57. The number of hydrogen-bond acceptors (Lipinski definition) is 6. The fourth-order valence-corrected chi connectivity index (χ4v) is 4.12. The second kappa shape index (κ2) is 6.27. The Balaban J connectivity index is 2.16. The van der Waals surface area contributed by atoms with Gasteiger partial charge in [-0.2, -0.15) is 0 Å². The quantitative estimate of drug-likeness (QED) is 0.896. The average molecular weight is 347 g/mol. The van der Waals surface area contributed by atoms with Gasteiger partial charge in [0.15, 0.2) is 0 Å². The SMILES string of the molecule is Cc1cc(CNS(=O)(=O)c2ccc(Cl)s2)nc(N(C)C)n1. The van der Waals surface area contributed by atoms with Crippen molar-refractivity contribution in [2.45, 2.75) is 17.7 Å². The number of hydrogen-bond donors (Lipinski definition) is 1. The predicted molar refractivity (Wildman–Crippen MR) is 84.5 cm³/mol. The highest BCUT2D eigenvalue weighted by molar-refractivity contribution is 7.91.